The van der Waals surface area contributed by atoms with Crippen molar-refractivity contribution < 1.29 is 9.32 Å². The van der Waals surface area contributed by atoms with Gasteiger partial charge in [-0.25, -0.2) is 0 Å². The molecule has 0 saturated heterocycles. The molecule has 5 nitrogen and oxygen atoms in total. The summed E-state index contributed by atoms with van der Waals surface area (Å²) < 4.78 is 5.11. The highest BCUT2D eigenvalue weighted by molar-refractivity contribution is 5.81. The molecule has 1 aliphatic rings. The second-order valence-corrected chi connectivity index (χ2v) is 4.86. The molecule has 1 amide bonds. The molecule has 3 unspecified atom stereocenters. The maximum Gasteiger partial charge on any atom is 0.227 e. The normalized spacial score (nSPS) is 24.2. The first-order chi connectivity index (χ1) is 8.49. The standard InChI is InChI=1S/C13H19N3O2/c1-7(12-8(2)16-18-9(12)3)15-13(17)10-4-5-11(14)6-10/h4-5,7,10-11H,6,14H2,1-3H3,(H,15,17). The lowest BCUT2D eigenvalue weighted by Crippen LogP contribution is -2.33. The van der Waals surface area contributed by atoms with Crippen molar-refractivity contribution in [2.45, 2.75) is 39.3 Å². The fourth-order valence-corrected chi connectivity index (χ4v) is 2.42. The monoisotopic (exact) mass is 249 g/mol. The summed E-state index contributed by atoms with van der Waals surface area (Å²) in [6.07, 6.45) is 4.44. The number of hydrogen-bond acceptors (Lipinski definition) is 4. The van der Waals surface area contributed by atoms with Gasteiger partial charge in [0, 0.05) is 11.6 Å². The van der Waals surface area contributed by atoms with Gasteiger partial charge in [0.25, 0.3) is 0 Å². The van der Waals surface area contributed by atoms with Crippen LogP contribution in [0.25, 0.3) is 0 Å². The molecule has 3 N–H and O–H groups in total. The van der Waals surface area contributed by atoms with Crippen molar-refractivity contribution in [2.75, 3.05) is 0 Å². The maximum atomic E-state index is 12.1. The Morgan fingerprint density at radius 2 is 2.28 bits per heavy atom. The molecule has 0 radical (unpaired) electrons. The van der Waals surface area contributed by atoms with E-state index in [9.17, 15) is 4.79 Å². The third kappa shape index (κ3) is 2.46. The fourth-order valence-electron chi connectivity index (χ4n) is 2.42. The number of nitrogens with two attached hydrogens (primary N) is 1. The molecular formula is C13H19N3O2. The number of rotatable bonds is 3. The Morgan fingerprint density at radius 3 is 2.78 bits per heavy atom. The zero-order valence-corrected chi connectivity index (χ0v) is 10.9. The van der Waals surface area contributed by atoms with Crippen LogP contribution in [0.3, 0.4) is 0 Å². The van der Waals surface area contributed by atoms with E-state index in [-0.39, 0.29) is 23.9 Å². The molecule has 0 aromatic carbocycles. The van der Waals surface area contributed by atoms with Gasteiger partial charge in [-0.1, -0.05) is 17.3 Å². The largest absolute Gasteiger partial charge is 0.361 e. The molecule has 1 aromatic rings. The number of amides is 1. The van der Waals surface area contributed by atoms with Crippen LogP contribution in [-0.2, 0) is 4.79 Å². The van der Waals surface area contributed by atoms with Crippen LogP contribution in [0.1, 0.15) is 36.4 Å². The molecule has 1 aliphatic carbocycles. The van der Waals surface area contributed by atoms with Crippen LogP contribution in [0.5, 0.6) is 0 Å². The highest BCUT2D eigenvalue weighted by atomic mass is 16.5. The number of hydrogen-bond donors (Lipinski definition) is 2. The zero-order valence-electron chi connectivity index (χ0n) is 10.9. The Hall–Kier alpha value is -1.62. The summed E-state index contributed by atoms with van der Waals surface area (Å²) in [5, 5.41) is 6.87. The van der Waals surface area contributed by atoms with E-state index in [0.717, 1.165) is 17.0 Å². The van der Waals surface area contributed by atoms with Gasteiger partial charge in [0.2, 0.25) is 5.91 Å². The summed E-state index contributed by atoms with van der Waals surface area (Å²) in [5.41, 5.74) is 7.52. The van der Waals surface area contributed by atoms with Gasteiger partial charge in [-0.2, -0.15) is 0 Å². The van der Waals surface area contributed by atoms with Crippen LogP contribution in [0.4, 0.5) is 0 Å². The van der Waals surface area contributed by atoms with Gasteiger partial charge in [-0.05, 0) is 27.2 Å². The van der Waals surface area contributed by atoms with Crippen molar-refractivity contribution in [3.63, 3.8) is 0 Å². The van der Waals surface area contributed by atoms with Crippen molar-refractivity contribution in [3.8, 4) is 0 Å². The highest BCUT2D eigenvalue weighted by Crippen LogP contribution is 2.23. The second kappa shape index (κ2) is 4.94. The quantitative estimate of drug-likeness (QED) is 0.793. The first kappa shape index (κ1) is 12.8. The van der Waals surface area contributed by atoms with Crippen molar-refractivity contribution in [1.82, 2.24) is 10.5 Å². The van der Waals surface area contributed by atoms with Crippen LogP contribution in [0, 0.1) is 19.8 Å². The smallest absolute Gasteiger partial charge is 0.227 e. The predicted molar refractivity (Wildman–Crippen MR) is 67.8 cm³/mol. The van der Waals surface area contributed by atoms with Crippen molar-refractivity contribution in [2.24, 2.45) is 11.7 Å². The molecule has 0 spiro atoms. The van der Waals surface area contributed by atoms with E-state index in [1.807, 2.05) is 32.9 Å². The van der Waals surface area contributed by atoms with E-state index >= 15 is 0 Å². The van der Waals surface area contributed by atoms with Gasteiger partial charge in [0.1, 0.15) is 5.76 Å². The van der Waals surface area contributed by atoms with E-state index in [1.54, 1.807) is 0 Å². The number of carbonyl (C=O) groups is 1. The maximum absolute atomic E-state index is 12.1. The Balaban J connectivity index is 2.02. The third-order valence-corrected chi connectivity index (χ3v) is 3.33. The predicted octanol–water partition coefficient (Wildman–Crippen LogP) is 1.37. The summed E-state index contributed by atoms with van der Waals surface area (Å²) in [5.74, 6) is 0.633. The Bertz CT molecular complexity index is 459. The lowest BCUT2D eigenvalue weighted by molar-refractivity contribution is -0.124. The van der Waals surface area contributed by atoms with Gasteiger partial charge in [0.05, 0.1) is 17.7 Å². The molecule has 0 saturated carbocycles. The van der Waals surface area contributed by atoms with Crippen LogP contribution in [0.15, 0.2) is 16.7 Å². The average Bonchev–Trinajstić information content (AvgIpc) is 2.85. The van der Waals surface area contributed by atoms with Crippen molar-refractivity contribution in [1.29, 1.82) is 0 Å². The molecule has 18 heavy (non-hydrogen) atoms. The second-order valence-electron chi connectivity index (χ2n) is 4.86. The van der Waals surface area contributed by atoms with Gasteiger partial charge in [-0.3, -0.25) is 4.79 Å². The summed E-state index contributed by atoms with van der Waals surface area (Å²) in [6, 6.07) is -0.107. The summed E-state index contributed by atoms with van der Waals surface area (Å²) in [4.78, 5) is 12.1. The Morgan fingerprint density at radius 1 is 1.56 bits per heavy atom. The molecule has 0 fully saturated rings. The molecule has 0 aliphatic heterocycles. The number of nitrogens with zero attached hydrogens (tertiary/aromatic N) is 1. The van der Waals surface area contributed by atoms with Gasteiger partial charge in [0.15, 0.2) is 0 Å². The van der Waals surface area contributed by atoms with Gasteiger partial charge >= 0.3 is 0 Å². The summed E-state index contributed by atoms with van der Waals surface area (Å²) in [7, 11) is 0. The van der Waals surface area contributed by atoms with E-state index < -0.39 is 0 Å². The fraction of sp³-hybridized carbons (Fsp3) is 0.538. The topological polar surface area (TPSA) is 81.2 Å². The minimum atomic E-state index is -0.122. The van der Waals surface area contributed by atoms with E-state index in [2.05, 4.69) is 10.5 Å². The van der Waals surface area contributed by atoms with E-state index in [4.69, 9.17) is 10.3 Å². The van der Waals surface area contributed by atoms with E-state index in [0.29, 0.717) is 6.42 Å². The minimum Gasteiger partial charge on any atom is -0.361 e. The molecule has 1 heterocycles. The SMILES string of the molecule is Cc1noc(C)c1C(C)NC(=O)C1C=CC(N)C1. The van der Waals surface area contributed by atoms with Crippen LogP contribution >= 0.6 is 0 Å². The summed E-state index contributed by atoms with van der Waals surface area (Å²) >= 11 is 0. The van der Waals surface area contributed by atoms with Gasteiger partial charge < -0.3 is 15.6 Å². The first-order valence-corrected chi connectivity index (χ1v) is 6.16. The first-order valence-electron chi connectivity index (χ1n) is 6.16. The number of aryl methyl sites for hydroxylation is 2. The molecule has 5 heteroatoms. The molecule has 1 aromatic heterocycles. The Labute approximate surface area is 106 Å². The van der Waals surface area contributed by atoms with Crippen LogP contribution < -0.4 is 11.1 Å². The van der Waals surface area contributed by atoms with Crippen LogP contribution in [-0.4, -0.2) is 17.1 Å². The highest BCUT2D eigenvalue weighted by Gasteiger charge is 2.25. The number of nitrogens with one attached hydrogen (secondary N) is 1. The third-order valence-electron chi connectivity index (χ3n) is 3.33. The lowest BCUT2D eigenvalue weighted by atomic mass is 10.0. The lowest BCUT2D eigenvalue weighted by Gasteiger charge is -2.16. The average molecular weight is 249 g/mol. The number of carbonyl (C=O) groups excluding carboxylic acids is 1. The van der Waals surface area contributed by atoms with Crippen molar-refractivity contribution in [3.05, 3.63) is 29.2 Å². The van der Waals surface area contributed by atoms with Gasteiger partial charge in [-0.15, -0.1) is 0 Å². The van der Waals surface area contributed by atoms with E-state index in [1.165, 1.54) is 0 Å². The molecule has 3 atom stereocenters. The molecule has 98 valence electrons. The minimum absolute atomic E-state index is 0.00452. The molecule has 2 rings (SSSR count). The Kier molecular flexibility index (Phi) is 3.52. The zero-order chi connectivity index (χ0) is 13.3. The van der Waals surface area contributed by atoms with Crippen molar-refractivity contribution >= 4 is 5.91 Å². The molecular weight excluding hydrogens is 230 g/mol. The molecule has 0 bridgehead atoms. The summed E-state index contributed by atoms with van der Waals surface area (Å²) in [6.45, 7) is 5.66. The van der Waals surface area contributed by atoms with Crippen LogP contribution in [0.2, 0.25) is 0 Å². The number of aromatic nitrogens is 1.